The number of aromatic nitrogens is 2. The summed E-state index contributed by atoms with van der Waals surface area (Å²) < 4.78 is 5.06. The first kappa shape index (κ1) is 19.2. The number of hydrazone groups is 1. The summed E-state index contributed by atoms with van der Waals surface area (Å²) in [6, 6.07) is 16.1. The van der Waals surface area contributed by atoms with E-state index < -0.39 is 0 Å². The van der Waals surface area contributed by atoms with Crippen molar-refractivity contribution in [3.05, 3.63) is 70.7 Å². The summed E-state index contributed by atoms with van der Waals surface area (Å²) in [5.74, 6) is 0.0225. The standard InChI is InChI=1S/C19H17N5O3S/c1-27-15-9-7-14(8-10-15)18(26)21-19-24-23-17(28-19)11-16(25)22-20-12-13-5-3-2-4-6-13/h2-10,12H,11H2,1H3,(H,22,25)(H,21,24,26)/b20-12-. The van der Waals surface area contributed by atoms with Crippen LogP contribution in [0.25, 0.3) is 0 Å². The first-order valence-corrected chi connectivity index (χ1v) is 9.10. The van der Waals surface area contributed by atoms with Crippen LogP contribution in [0.5, 0.6) is 5.75 Å². The summed E-state index contributed by atoms with van der Waals surface area (Å²) in [7, 11) is 1.56. The predicted molar refractivity (Wildman–Crippen MR) is 107 cm³/mol. The predicted octanol–water partition coefficient (Wildman–Crippen LogP) is 2.49. The molecule has 28 heavy (non-hydrogen) atoms. The van der Waals surface area contributed by atoms with Gasteiger partial charge in [-0.25, -0.2) is 5.43 Å². The molecule has 0 spiro atoms. The molecule has 0 aliphatic heterocycles. The number of amides is 2. The van der Waals surface area contributed by atoms with E-state index in [0.717, 1.165) is 16.9 Å². The Hall–Kier alpha value is -3.59. The molecule has 2 N–H and O–H groups in total. The lowest BCUT2D eigenvalue weighted by atomic mass is 10.2. The molecule has 142 valence electrons. The largest absolute Gasteiger partial charge is 0.497 e. The Labute approximate surface area is 165 Å². The first-order chi connectivity index (χ1) is 13.6. The highest BCUT2D eigenvalue weighted by molar-refractivity contribution is 7.15. The van der Waals surface area contributed by atoms with Gasteiger partial charge in [-0.2, -0.15) is 5.10 Å². The van der Waals surface area contributed by atoms with E-state index in [0.29, 0.717) is 21.5 Å². The average molecular weight is 395 g/mol. The first-order valence-electron chi connectivity index (χ1n) is 8.29. The summed E-state index contributed by atoms with van der Waals surface area (Å²) in [4.78, 5) is 24.1. The molecule has 0 aliphatic carbocycles. The third-order valence-electron chi connectivity index (χ3n) is 3.55. The molecular weight excluding hydrogens is 378 g/mol. The molecule has 3 aromatic rings. The quantitative estimate of drug-likeness (QED) is 0.472. The van der Waals surface area contributed by atoms with E-state index in [1.165, 1.54) is 0 Å². The number of nitrogens with one attached hydrogen (secondary N) is 2. The van der Waals surface area contributed by atoms with Crippen molar-refractivity contribution in [3.8, 4) is 5.75 Å². The molecule has 0 aliphatic rings. The Morgan fingerprint density at radius 1 is 1.11 bits per heavy atom. The Kier molecular flexibility index (Phi) is 6.42. The molecule has 2 aromatic carbocycles. The van der Waals surface area contributed by atoms with E-state index in [9.17, 15) is 9.59 Å². The van der Waals surface area contributed by atoms with E-state index >= 15 is 0 Å². The summed E-state index contributed by atoms with van der Waals surface area (Å²) in [6.07, 6.45) is 1.57. The van der Waals surface area contributed by atoms with Crippen molar-refractivity contribution >= 4 is 34.5 Å². The van der Waals surface area contributed by atoms with Gasteiger partial charge in [0.15, 0.2) is 0 Å². The van der Waals surface area contributed by atoms with Gasteiger partial charge in [0.1, 0.15) is 10.8 Å². The van der Waals surface area contributed by atoms with Crippen LogP contribution in [0.4, 0.5) is 5.13 Å². The highest BCUT2D eigenvalue weighted by Crippen LogP contribution is 2.18. The van der Waals surface area contributed by atoms with Crippen molar-refractivity contribution in [2.75, 3.05) is 12.4 Å². The second kappa shape index (κ2) is 9.38. The van der Waals surface area contributed by atoms with Crippen LogP contribution in [0.2, 0.25) is 0 Å². The minimum atomic E-state index is -0.323. The van der Waals surface area contributed by atoms with Crippen LogP contribution in [0.1, 0.15) is 20.9 Å². The lowest BCUT2D eigenvalue weighted by Gasteiger charge is -2.02. The second-order valence-electron chi connectivity index (χ2n) is 5.56. The number of anilines is 1. The van der Waals surface area contributed by atoms with Gasteiger partial charge in [-0.1, -0.05) is 41.7 Å². The van der Waals surface area contributed by atoms with Gasteiger partial charge >= 0.3 is 0 Å². The minimum Gasteiger partial charge on any atom is -0.497 e. The van der Waals surface area contributed by atoms with Crippen LogP contribution in [0.15, 0.2) is 59.7 Å². The van der Waals surface area contributed by atoms with Gasteiger partial charge in [-0.15, -0.1) is 10.2 Å². The molecule has 1 heterocycles. The fourth-order valence-electron chi connectivity index (χ4n) is 2.18. The molecule has 0 atom stereocenters. The maximum Gasteiger partial charge on any atom is 0.257 e. The van der Waals surface area contributed by atoms with Gasteiger partial charge in [0, 0.05) is 5.56 Å². The monoisotopic (exact) mass is 395 g/mol. The fourth-order valence-corrected chi connectivity index (χ4v) is 2.92. The zero-order valence-electron chi connectivity index (χ0n) is 15.0. The second-order valence-corrected chi connectivity index (χ2v) is 6.63. The third-order valence-corrected chi connectivity index (χ3v) is 4.39. The van der Waals surface area contributed by atoms with E-state index in [4.69, 9.17) is 4.74 Å². The Morgan fingerprint density at radius 2 is 1.86 bits per heavy atom. The van der Waals surface area contributed by atoms with E-state index in [-0.39, 0.29) is 18.2 Å². The van der Waals surface area contributed by atoms with Crippen molar-refractivity contribution in [2.45, 2.75) is 6.42 Å². The molecule has 3 rings (SSSR count). The molecule has 0 bridgehead atoms. The number of benzene rings is 2. The highest BCUT2D eigenvalue weighted by Gasteiger charge is 2.12. The average Bonchev–Trinajstić information content (AvgIpc) is 3.15. The molecule has 0 unspecified atom stereocenters. The summed E-state index contributed by atoms with van der Waals surface area (Å²) in [6.45, 7) is 0. The van der Waals surface area contributed by atoms with Crippen LogP contribution in [0, 0.1) is 0 Å². The number of rotatable bonds is 7. The molecule has 2 amide bonds. The van der Waals surface area contributed by atoms with Crippen molar-refractivity contribution in [1.29, 1.82) is 0 Å². The number of carbonyl (C=O) groups is 2. The molecule has 0 saturated heterocycles. The van der Waals surface area contributed by atoms with Crippen LogP contribution in [-0.4, -0.2) is 35.3 Å². The van der Waals surface area contributed by atoms with Crippen LogP contribution in [-0.2, 0) is 11.2 Å². The van der Waals surface area contributed by atoms with Crippen molar-refractivity contribution in [3.63, 3.8) is 0 Å². The SMILES string of the molecule is COc1ccc(C(=O)Nc2nnc(CC(=O)N/N=C\c3ccccc3)s2)cc1. The molecule has 1 aromatic heterocycles. The lowest BCUT2D eigenvalue weighted by molar-refractivity contribution is -0.120. The highest BCUT2D eigenvalue weighted by atomic mass is 32.1. The van der Waals surface area contributed by atoms with Crippen molar-refractivity contribution in [2.24, 2.45) is 5.10 Å². The number of carbonyl (C=O) groups excluding carboxylic acids is 2. The number of nitrogens with zero attached hydrogens (tertiary/aromatic N) is 3. The van der Waals surface area contributed by atoms with Crippen molar-refractivity contribution < 1.29 is 14.3 Å². The van der Waals surface area contributed by atoms with Gasteiger partial charge in [0.25, 0.3) is 5.91 Å². The molecule has 0 saturated carbocycles. The Balaban J connectivity index is 1.51. The maximum atomic E-state index is 12.2. The summed E-state index contributed by atoms with van der Waals surface area (Å²) in [5, 5.41) is 15.1. The number of hydrogen-bond donors (Lipinski definition) is 2. The van der Waals surface area contributed by atoms with E-state index in [1.54, 1.807) is 37.6 Å². The molecule has 0 fully saturated rings. The van der Waals surface area contributed by atoms with E-state index in [2.05, 4.69) is 26.0 Å². The van der Waals surface area contributed by atoms with Gasteiger partial charge in [-0.3, -0.25) is 14.9 Å². The topological polar surface area (TPSA) is 106 Å². The normalized spacial score (nSPS) is 10.6. The molecule has 0 radical (unpaired) electrons. The molecule has 8 nitrogen and oxygen atoms in total. The van der Waals surface area contributed by atoms with Gasteiger partial charge < -0.3 is 4.74 Å². The fraction of sp³-hybridized carbons (Fsp3) is 0.105. The van der Waals surface area contributed by atoms with Crippen molar-refractivity contribution in [1.82, 2.24) is 15.6 Å². The number of ether oxygens (including phenoxy) is 1. The Morgan fingerprint density at radius 3 is 2.57 bits per heavy atom. The van der Waals surface area contributed by atoms with Gasteiger partial charge in [0.05, 0.1) is 19.7 Å². The molecular formula is C19H17N5O3S. The zero-order chi connectivity index (χ0) is 19.8. The third kappa shape index (κ3) is 5.45. The minimum absolute atomic E-state index is 0.0161. The lowest BCUT2D eigenvalue weighted by Crippen LogP contribution is -2.19. The smallest absolute Gasteiger partial charge is 0.257 e. The van der Waals surface area contributed by atoms with E-state index in [1.807, 2.05) is 30.3 Å². The maximum absolute atomic E-state index is 12.2. The van der Waals surface area contributed by atoms with Crippen LogP contribution < -0.4 is 15.5 Å². The van der Waals surface area contributed by atoms with Crippen LogP contribution >= 0.6 is 11.3 Å². The Bertz CT molecular complexity index is 971. The molecule has 9 heteroatoms. The van der Waals surface area contributed by atoms with Gasteiger partial charge in [-0.05, 0) is 29.8 Å². The van der Waals surface area contributed by atoms with Gasteiger partial charge in [0.2, 0.25) is 11.0 Å². The zero-order valence-corrected chi connectivity index (χ0v) is 15.8. The number of methoxy groups -OCH3 is 1. The summed E-state index contributed by atoms with van der Waals surface area (Å²) >= 11 is 1.13. The number of hydrogen-bond acceptors (Lipinski definition) is 7. The van der Waals surface area contributed by atoms with Crippen LogP contribution in [0.3, 0.4) is 0 Å². The summed E-state index contributed by atoms with van der Waals surface area (Å²) in [5.41, 5.74) is 3.78.